The largest absolute Gasteiger partial charge is 0.444 e. The lowest BCUT2D eigenvalue weighted by molar-refractivity contribution is 0.0525. The number of ether oxygens (including phenoxy) is 1. The van der Waals surface area contributed by atoms with E-state index in [2.05, 4.69) is 15.5 Å². The van der Waals surface area contributed by atoms with Crippen LogP contribution < -0.4 is 16.4 Å². The zero-order valence-corrected chi connectivity index (χ0v) is 13.4. The molecule has 1 fully saturated rings. The van der Waals surface area contributed by atoms with Gasteiger partial charge in [0.2, 0.25) is 0 Å². The standard InChI is InChI=1S/C14H30N4O3/c1-14(2,3)21-13(20)16-7-4-8-18-9-5-11(6-10-18)17-12(15)19/h11-12,17,19H,4-10,15H2,1-3H3,(H,16,20). The highest BCUT2D eigenvalue weighted by Crippen LogP contribution is 2.10. The Morgan fingerprint density at radius 1 is 1.43 bits per heavy atom. The Labute approximate surface area is 127 Å². The normalized spacial score (nSPS) is 19.3. The molecule has 1 aliphatic heterocycles. The van der Waals surface area contributed by atoms with Crippen molar-refractivity contribution in [1.29, 1.82) is 0 Å². The van der Waals surface area contributed by atoms with Crippen LogP contribution in [0.15, 0.2) is 0 Å². The summed E-state index contributed by atoms with van der Waals surface area (Å²) >= 11 is 0. The number of nitrogens with one attached hydrogen (secondary N) is 2. The monoisotopic (exact) mass is 302 g/mol. The summed E-state index contributed by atoms with van der Waals surface area (Å²) in [6.45, 7) is 9.09. The third-order valence-corrected chi connectivity index (χ3v) is 3.31. The molecule has 7 nitrogen and oxygen atoms in total. The summed E-state index contributed by atoms with van der Waals surface area (Å²) in [5, 5.41) is 14.8. The third kappa shape index (κ3) is 8.87. The van der Waals surface area contributed by atoms with Crippen LogP contribution in [0, 0.1) is 0 Å². The van der Waals surface area contributed by atoms with Crippen molar-refractivity contribution in [3.05, 3.63) is 0 Å². The fourth-order valence-corrected chi connectivity index (χ4v) is 2.37. The number of alkyl carbamates (subject to hydrolysis) is 1. The molecular weight excluding hydrogens is 272 g/mol. The van der Waals surface area contributed by atoms with Crippen molar-refractivity contribution in [2.24, 2.45) is 5.73 Å². The summed E-state index contributed by atoms with van der Waals surface area (Å²) in [6, 6.07) is 0.293. The van der Waals surface area contributed by atoms with Crippen LogP contribution in [0.4, 0.5) is 4.79 Å². The first-order valence-electron chi connectivity index (χ1n) is 7.65. The minimum Gasteiger partial charge on any atom is -0.444 e. The number of aliphatic hydroxyl groups is 1. The number of nitrogens with two attached hydrogens (primary N) is 1. The molecule has 1 unspecified atom stereocenters. The van der Waals surface area contributed by atoms with Gasteiger partial charge in [-0.3, -0.25) is 11.1 Å². The topological polar surface area (TPSA) is 99.9 Å². The first-order valence-corrected chi connectivity index (χ1v) is 7.65. The van der Waals surface area contributed by atoms with E-state index in [-0.39, 0.29) is 6.09 Å². The summed E-state index contributed by atoms with van der Waals surface area (Å²) in [5.41, 5.74) is 4.86. The van der Waals surface area contributed by atoms with Crippen molar-refractivity contribution in [1.82, 2.24) is 15.5 Å². The van der Waals surface area contributed by atoms with Gasteiger partial charge in [-0.15, -0.1) is 0 Å². The Hall–Kier alpha value is -0.890. The average Bonchev–Trinajstić information content (AvgIpc) is 2.34. The number of aliphatic hydroxyl groups excluding tert-OH is 1. The molecule has 0 aliphatic carbocycles. The van der Waals surface area contributed by atoms with Crippen molar-refractivity contribution in [2.75, 3.05) is 26.2 Å². The van der Waals surface area contributed by atoms with Crippen LogP contribution in [0.2, 0.25) is 0 Å². The molecule has 0 radical (unpaired) electrons. The fourth-order valence-electron chi connectivity index (χ4n) is 2.37. The van der Waals surface area contributed by atoms with E-state index in [1.54, 1.807) is 0 Å². The number of likely N-dealkylation sites (tertiary alicyclic amines) is 1. The van der Waals surface area contributed by atoms with Gasteiger partial charge in [-0.05, 0) is 59.7 Å². The van der Waals surface area contributed by atoms with Gasteiger partial charge in [-0.1, -0.05) is 0 Å². The molecule has 0 saturated carbocycles. The lowest BCUT2D eigenvalue weighted by atomic mass is 10.1. The van der Waals surface area contributed by atoms with Gasteiger partial charge in [0, 0.05) is 12.6 Å². The second kappa shape index (κ2) is 8.53. The first-order chi connectivity index (χ1) is 9.76. The Morgan fingerprint density at radius 3 is 2.57 bits per heavy atom. The maximum Gasteiger partial charge on any atom is 0.407 e. The number of piperidine rings is 1. The van der Waals surface area contributed by atoms with E-state index in [0.717, 1.165) is 38.9 Å². The summed E-state index contributed by atoms with van der Waals surface area (Å²) in [5.74, 6) is 0. The number of carbonyl (C=O) groups is 1. The minimum atomic E-state index is -0.931. The molecular formula is C14H30N4O3. The molecule has 1 saturated heterocycles. The number of carbonyl (C=O) groups excluding carboxylic acids is 1. The van der Waals surface area contributed by atoms with E-state index in [9.17, 15) is 4.79 Å². The molecule has 1 amide bonds. The zero-order valence-electron chi connectivity index (χ0n) is 13.4. The smallest absolute Gasteiger partial charge is 0.407 e. The third-order valence-electron chi connectivity index (χ3n) is 3.31. The van der Waals surface area contributed by atoms with E-state index in [1.165, 1.54) is 0 Å². The van der Waals surface area contributed by atoms with Crippen LogP contribution in [-0.2, 0) is 4.74 Å². The van der Waals surface area contributed by atoms with E-state index >= 15 is 0 Å². The maximum absolute atomic E-state index is 11.5. The van der Waals surface area contributed by atoms with Crippen molar-refractivity contribution in [2.45, 2.75) is 58.0 Å². The van der Waals surface area contributed by atoms with Crippen molar-refractivity contribution in [3.63, 3.8) is 0 Å². The zero-order chi connectivity index (χ0) is 15.9. The van der Waals surface area contributed by atoms with Crippen LogP contribution in [0.5, 0.6) is 0 Å². The molecule has 1 atom stereocenters. The number of hydrogen-bond donors (Lipinski definition) is 4. The number of rotatable bonds is 6. The second-order valence-electron chi connectivity index (χ2n) is 6.51. The molecule has 7 heteroatoms. The Balaban J connectivity index is 2.06. The molecule has 0 aromatic rings. The van der Waals surface area contributed by atoms with Crippen LogP contribution in [-0.4, -0.2) is 60.3 Å². The number of amides is 1. The number of nitrogens with zero attached hydrogens (tertiary/aromatic N) is 1. The van der Waals surface area contributed by atoms with E-state index in [0.29, 0.717) is 12.6 Å². The predicted molar refractivity (Wildman–Crippen MR) is 81.6 cm³/mol. The quantitative estimate of drug-likeness (QED) is 0.413. The molecule has 1 aliphatic rings. The van der Waals surface area contributed by atoms with Crippen LogP contribution in [0.1, 0.15) is 40.0 Å². The lowest BCUT2D eigenvalue weighted by Gasteiger charge is -2.33. The van der Waals surface area contributed by atoms with E-state index in [1.807, 2.05) is 20.8 Å². The number of hydrogen-bond acceptors (Lipinski definition) is 6. The van der Waals surface area contributed by atoms with Crippen LogP contribution >= 0.6 is 0 Å². The molecule has 1 rings (SSSR count). The average molecular weight is 302 g/mol. The summed E-state index contributed by atoms with van der Waals surface area (Å²) in [4.78, 5) is 13.8. The predicted octanol–water partition coefficient (Wildman–Crippen LogP) is 0.190. The van der Waals surface area contributed by atoms with Gasteiger partial charge in [0.15, 0.2) is 6.35 Å². The molecule has 124 valence electrons. The van der Waals surface area contributed by atoms with E-state index < -0.39 is 12.0 Å². The fraction of sp³-hybridized carbons (Fsp3) is 0.929. The lowest BCUT2D eigenvalue weighted by Crippen LogP contribution is -2.49. The van der Waals surface area contributed by atoms with E-state index in [4.69, 9.17) is 15.6 Å². The summed E-state index contributed by atoms with van der Waals surface area (Å²) in [7, 11) is 0. The molecule has 1 heterocycles. The molecule has 21 heavy (non-hydrogen) atoms. The minimum absolute atomic E-state index is 0.293. The Bertz CT molecular complexity index is 310. The van der Waals surface area contributed by atoms with Gasteiger partial charge in [-0.25, -0.2) is 4.79 Å². The molecule has 5 N–H and O–H groups in total. The molecule has 0 aromatic carbocycles. The van der Waals surface area contributed by atoms with Gasteiger partial charge in [0.25, 0.3) is 0 Å². The van der Waals surface area contributed by atoms with Gasteiger partial charge in [-0.2, -0.15) is 0 Å². The molecule has 0 spiro atoms. The Kier molecular flexibility index (Phi) is 7.37. The SMILES string of the molecule is CC(C)(C)OC(=O)NCCCN1CCC(NC(N)O)CC1. The first kappa shape index (κ1) is 18.2. The van der Waals surface area contributed by atoms with Gasteiger partial charge in [0.1, 0.15) is 5.60 Å². The van der Waals surface area contributed by atoms with Gasteiger partial charge < -0.3 is 20.1 Å². The van der Waals surface area contributed by atoms with Crippen LogP contribution in [0.3, 0.4) is 0 Å². The maximum atomic E-state index is 11.5. The summed E-state index contributed by atoms with van der Waals surface area (Å²) in [6.07, 6.45) is 1.57. The van der Waals surface area contributed by atoms with Crippen molar-refractivity contribution >= 4 is 6.09 Å². The highest BCUT2D eigenvalue weighted by Gasteiger charge is 2.20. The highest BCUT2D eigenvalue weighted by molar-refractivity contribution is 5.67. The highest BCUT2D eigenvalue weighted by atomic mass is 16.6. The van der Waals surface area contributed by atoms with Crippen molar-refractivity contribution < 1.29 is 14.6 Å². The molecule has 0 bridgehead atoms. The van der Waals surface area contributed by atoms with Gasteiger partial charge >= 0.3 is 6.09 Å². The second-order valence-corrected chi connectivity index (χ2v) is 6.51. The van der Waals surface area contributed by atoms with Gasteiger partial charge in [0.05, 0.1) is 0 Å². The molecule has 0 aromatic heterocycles. The van der Waals surface area contributed by atoms with Crippen LogP contribution in [0.25, 0.3) is 0 Å². The van der Waals surface area contributed by atoms with Crippen molar-refractivity contribution in [3.8, 4) is 0 Å². The summed E-state index contributed by atoms with van der Waals surface area (Å²) < 4.78 is 5.17. The Morgan fingerprint density at radius 2 is 2.05 bits per heavy atom.